The molecular formula is C28H53BrO6. The Morgan fingerprint density at radius 1 is 0.771 bits per heavy atom. The van der Waals surface area contributed by atoms with E-state index in [9.17, 15) is 9.59 Å². The highest BCUT2D eigenvalue weighted by atomic mass is 79.9. The van der Waals surface area contributed by atoms with Crippen molar-refractivity contribution in [3.63, 3.8) is 0 Å². The maximum atomic E-state index is 13.3. The standard InChI is InChI=1S/C28H53BrO6/c1-14-26(9,35-19-16-24(5,6)33-13)17-18-34-21(30)25(7,8)23(3,4)20-27(10,22(31)32-12)28(11,29)15-2/h14-20H2,1-13H3. The molecule has 0 radical (unpaired) electrons. The van der Waals surface area contributed by atoms with Crippen LogP contribution >= 0.6 is 15.9 Å². The van der Waals surface area contributed by atoms with Gasteiger partial charge in [-0.25, -0.2) is 0 Å². The second kappa shape index (κ2) is 12.7. The summed E-state index contributed by atoms with van der Waals surface area (Å²) in [5.74, 6) is -0.565. The molecule has 0 aromatic rings. The lowest BCUT2D eigenvalue weighted by atomic mass is 9.58. The molecule has 0 fully saturated rings. The number of hydrogen-bond donors (Lipinski definition) is 0. The summed E-state index contributed by atoms with van der Waals surface area (Å²) >= 11 is 3.77. The first-order chi connectivity index (χ1) is 15.7. The highest BCUT2D eigenvalue weighted by molar-refractivity contribution is 9.10. The lowest BCUT2D eigenvalue weighted by Gasteiger charge is -2.48. The van der Waals surface area contributed by atoms with Gasteiger partial charge in [-0.2, -0.15) is 0 Å². The van der Waals surface area contributed by atoms with Crippen LogP contribution in [0.1, 0.15) is 108 Å². The molecule has 0 aromatic carbocycles. The minimum Gasteiger partial charge on any atom is -0.469 e. The van der Waals surface area contributed by atoms with Crippen LogP contribution in [0.25, 0.3) is 0 Å². The molecule has 0 aliphatic heterocycles. The molecule has 0 aromatic heterocycles. The largest absolute Gasteiger partial charge is 0.469 e. The van der Waals surface area contributed by atoms with E-state index < -0.39 is 20.6 Å². The summed E-state index contributed by atoms with van der Waals surface area (Å²) in [6.45, 7) is 22.8. The zero-order valence-corrected chi connectivity index (χ0v) is 26.4. The van der Waals surface area contributed by atoms with E-state index in [1.165, 1.54) is 7.11 Å². The second-order valence-electron chi connectivity index (χ2n) is 12.3. The van der Waals surface area contributed by atoms with E-state index in [2.05, 4.69) is 29.8 Å². The molecule has 0 N–H and O–H groups in total. The smallest absolute Gasteiger partial charge is 0.312 e. The Balaban J connectivity index is 5.37. The quantitative estimate of drug-likeness (QED) is 0.147. The molecule has 0 saturated heterocycles. The Morgan fingerprint density at radius 2 is 1.31 bits per heavy atom. The Labute approximate surface area is 223 Å². The molecule has 0 spiro atoms. The number of ether oxygens (including phenoxy) is 4. The van der Waals surface area contributed by atoms with Gasteiger partial charge in [0.25, 0.3) is 0 Å². The SMILES string of the molecule is CCC(C)(CCOC(=O)C(C)(C)C(C)(C)CC(C)(C(=O)OC)C(C)(Br)CC)OCCC(C)(C)OC. The third-order valence-electron chi connectivity index (χ3n) is 8.77. The van der Waals surface area contributed by atoms with Gasteiger partial charge in [0.2, 0.25) is 0 Å². The minimum absolute atomic E-state index is 0.238. The average Bonchev–Trinajstić information content (AvgIpc) is 2.77. The van der Waals surface area contributed by atoms with Gasteiger partial charge >= 0.3 is 11.9 Å². The monoisotopic (exact) mass is 564 g/mol. The third kappa shape index (κ3) is 8.70. The summed E-state index contributed by atoms with van der Waals surface area (Å²) in [4.78, 5) is 26.2. The predicted molar refractivity (Wildman–Crippen MR) is 146 cm³/mol. The summed E-state index contributed by atoms with van der Waals surface area (Å²) in [6.07, 6.45) is 3.38. The third-order valence-corrected chi connectivity index (χ3v) is 10.2. The van der Waals surface area contributed by atoms with E-state index in [1.54, 1.807) is 7.11 Å². The van der Waals surface area contributed by atoms with Crippen molar-refractivity contribution in [1.82, 2.24) is 0 Å². The summed E-state index contributed by atoms with van der Waals surface area (Å²) in [6, 6.07) is 0. The summed E-state index contributed by atoms with van der Waals surface area (Å²) in [5, 5.41) is 0. The molecule has 0 aliphatic rings. The van der Waals surface area contributed by atoms with Crippen LogP contribution in [0.5, 0.6) is 0 Å². The van der Waals surface area contributed by atoms with E-state index in [-0.39, 0.29) is 29.7 Å². The summed E-state index contributed by atoms with van der Waals surface area (Å²) in [5.41, 5.74) is -2.83. The van der Waals surface area contributed by atoms with Gasteiger partial charge in [-0.1, -0.05) is 43.6 Å². The minimum atomic E-state index is -0.831. The molecule has 0 saturated carbocycles. The zero-order valence-electron chi connectivity index (χ0n) is 24.8. The zero-order chi connectivity index (χ0) is 27.9. The van der Waals surface area contributed by atoms with Crippen LogP contribution in [0.15, 0.2) is 0 Å². The maximum absolute atomic E-state index is 13.3. The van der Waals surface area contributed by atoms with Crippen LogP contribution in [-0.4, -0.2) is 54.9 Å². The van der Waals surface area contributed by atoms with E-state index >= 15 is 0 Å². The molecule has 0 aliphatic carbocycles. The van der Waals surface area contributed by atoms with Gasteiger partial charge in [0, 0.05) is 17.9 Å². The average molecular weight is 566 g/mol. The van der Waals surface area contributed by atoms with Crippen LogP contribution in [0.3, 0.4) is 0 Å². The maximum Gasteiger partial charge on any atom is 0.312 e. The Bertz CT molecular complexity index is 700. The molecule has 208 valence electrons. The lowest BCUT2D eigenvalue weighted by Crippen LogP contribution is -2.52. The highest BCUT2D eigenvalue weighted by Crippen LogP contribution is 2.54. The predicted octanol–water partition coefficient (Wildman–Crippen LogP) is 7.11. The number of carbonyl (C=O) groups excluding carboxylic acids is 2. The number of methoxy groups -OCH3 is 2. The Hall–Kier alpha value is -0.660. The topological polar surface area (TPSA) is 71.1 Å². The van der Waals surface area contributed by atoms with Crippen molar-refractivity contribution in [1.29, 1.82) is 0 Å². The van der Waals surface area contributed by atoms with Crippen LogP contribution in [0, 0.1) is 16.2 Å². The van der Waals surface area contributed by atoms with Crippen LogP contribution in [0.2, 0.25) is 0 Å². The molecule has 6 nitrogen and oxygen atoms in total. The van der Waals surface area contributed by atoms with Crippen LogP contribution in [-0.2, 0) is 28.5 Å². The first kappa shape index (κ1) is 34.3. The van der Waals surface area contributed by atoms with Gasteiger partial charge in [0.15, 0.2) is 0 Å². The molecule has 0 rings (SSSR count). The fourth-order valence-corrected chi connectivity index (χ4v) is 4.30. The Kier molecular flexibility index (Phi) is 12.5. The second-order valence-corrected chi connectivity index (χ2v) is 14.1. The molecule has 0 amide bonds. The van der Waals surface area contributed by atoms with Crippen molar-refractivity contribution < 1.29 is 28.5 Å². The molecular weight excluding hydrogens is 512 g/mol. The van der Waals surface area contributed by atoms with Gasteiger partial charge in [0.1, 0.15) is 0 Å². The van der Waals surface area contributed by atoms with Crippen molar-refractivity contribution in [2.24, 2.45) is 16.2 Å². The van der Waals surface area contributed by atoms with Crippen LogP contribution in [0.4, 0.5) is 0 Å². The van der Waals surface area contributed by atoms with Gasteiger partial charge in [0.05, 0.1) is 42.4 Å². The number of carbonyl (C=O) groups is 2. The van der Waals surface area contributed by atoms with Gasteiger partial charge in [-0.3, -0.25) is 9.59 Å². The van der Waals surface area contributed by atoms with Crippen molar-refractivity contribution >= 4 is 27.9 Å². The van der Waals surface area contributed by atoms with Gasteiger partial charge < -0.3 is 18.9 Å². The number of alkyl halides is 1. The molecule has 0 heterocycles. The van der Waals surface area contributed by atoms with Crippen molar-refractivity contribution in [2.45, 2.75) is 124 Å². The number of halogens is 1. The number of rotatable bonds is 16. The van der Waals surface area contributed by atoms with Crippen molar-refractivity contribution in [3.8, 4) is 0 Å². The van der Waals surface area contributed by atoms with E-state index in [4.69, 9.17) is 18.9 Å². The molecule has 35 heavy (non-hydrogen) atoms. The van der Waals surface area contributed by atoms with Crippen LogP contribution < -0.4 is 0 Å². The first-order valence-electron chi connectivity index (χ1n) is 12.8. The van der Waals surface area contributed by atoms with Crippen molar-refractivity contribution in [2.75, 3.05) is 27.4 Å². The van der Waals surface area contributed by atoms with Gasteiger partial charge in [-0.15, -0.1) is 0 Å². The van der Waals surface area contributed by atoms with Gasteiger partial charge in [-0.05, 0) is 79.6 Å². The number of esters is 2. The lowest BCUT2D eigenvalue weighted by molar-refractivity contribution is -0.169. The molecule has 3 unspecified atom stereocenters. The summed E-state index contributed by atoms with van der Waals surface area (Å²) in [7, 11) is 3.12. The molecule has 3 atom stereocenters. The molecule has 0 bridgehead atoms. The Morgan fingerprint density at radius 3 is 1.74 bits per heavy atom. The molecule has 7 heteroatoms. The van der Waals surface area contributed by atoms with E-state index in [0.717, 1.165) is 19.3 Å². The van der Waals surface area contributed by atoms with Crippen molar-refractivity contribution in [3.05, 3.63) is 0 Å². The fourth-order valence-electron chi connectivity index (χ4n) is 4.00. The fraction of sp³-hybridized carbons (Fsp3) is 0.929. The summed E-state index contributed by atoms with van der Waals surface area (Å²) < 4.78 is 22.2. The van der Waals surface area contributed by atoms with E-state index in [0.29, 0.717) is 19.4 Å². The number of hydrogen-bond acceptors (Lipinski definition) is 6. The normalized spacial score (nSPS) is 18.2. The first-order valence-corrected chi connectivity index (χ1v) is 13.6. The highest BCUT2D eigenvalue weighted by Gasteiger charge is 2.56. The van der Waals surface area contributed by atoms with E-state index in [1.807, 2.05) is 62.3 Å².